The van der Waals surface area contributed by atoms with Gasteiger partial charge in [-0.25, -0.2) is 0 Å². The Bertz CT molecular complexity index is 544. The van der Waals surface area contributed by atoms with Crippen LogP contribution in [0.3, 0.4) is 0 Å². The Labute approximate surface area is 161 Å². The van der Waals surface area contributed by atoms with Crippen LogP contribution in [-0.2, 0) is 0 Å². The maximum atomic E-state index is 12.3. The summed E-state index contributed by atoms with van der Waals surface area (Å²) in [6.07, 6.45) is 3.76. The summed E-state index contributed by atoms with van der Waals surface area (Å²) in [5.74, 6) is 0.245. The van der Waals surface area contributed by atoms with Gasteiger partial charge in [0.05, 0.1) is 23.4 Å². The summed E-state index contributed by atoms with van der Waals surface area (Å²) >= 11 is 5.99. The third-order valence-electron chi connectivity index (χ3n) is 4.19. The van der Waals surface area contributed by atoms with Gasteiger partial charge in [-0.15, -0.1) is 24.8 Å². The maximum Gasteiger partial charge on any atom is 0.255 e. The van der Waals surface area contributed by atoms with Gasteiger partial charge in [-0.3, -0.25) is 9.69 Å². The van der Waals surface area contributed by atoms with Crippen molar-refractivity contribution in [3.8, 4) is 5.75 Å². The summed E-state index contributed by atoms with van der Waals surface area (Å²) in [5, 5.41) is 3.29. The van der Waals surface area contributed by atoms with Gasteiger partial charge in [0.15, 0.2) is 0 Å². The lowest BCUT2D eigenvalue weighted by Gasteiger charge is -2.33. The Morgan fingerprint density at radius 3 is 2.75 bits per heavy atom. The normalized spacial score (nSPS) is 17.4. The zero-order valence-corrected chi connectivity index (χ0v) is 16.4. The number of nitrogens with one attached hydrogen (secondary N) is 1. The van der Waals surface area contributed by atoms with Crippen LogP contribution in [0.2, 0.25) is 5.02 Å². The number of anilines is 1. The SMILES string of the molecule is COc1cc(N)c(Cl)cc1C(=O)NCCN1CCCCC1C.Cl.Cl. The van der Waals surface area contributed by atoms with Crippen LogP contribution in [0.25, 0.3) is 0 Å². The van der Waals surface area contributed by atoms with Crippen molar-refractivity contribution in [3.05, 3.63) is 22.7 Å². The summed E-state index contributed by atoms with van der Waals surface area (Å²) in [6.45, 7) is 4.81. The van der Waals surface area contributed by atoms with Gasteiger partial charge in [-0.05, 0) is 32.4 Å². The quantitative estimate of drug-likeness (QED) is 0.746. The molecule has 138 valence electrons. The average Bonchev–Trinajstić information content (AvgIpc) is 2.51. The molecule has 1 aliphatic heterocycles. The highest BCUT2D eigenvalue weighted by Crippen LogP contribution is 2.28. The fourth-order valence-electron chi connectivity index (χ4n) is 2.81. The van der Waals surface area contributed by atoms with Crippen LogP contribution < -0.4 is 15.8 Å². The van der Waals surface area contributed by atoms with Gasteiger partial charge < -0.3 is 15.8 Å². The monoisotopic (exact) mass is 397 g/mol. The molecule has 2 rings (SSSR count). The average molecular weight is 399 g/mol. The first-order chi connectivity index (χ1) is 10.5. The number of nitrogens with zero attached hydrogens (tertiary/aromatic N) is 1. The smallest absolute Gasteiger partial charge is 0.255 e. The minimum Gasteiger partial charge on any atom is -0.496 e. The van der Waals surface area contributed by atoms with E-state index < -0.39 is 0 Å². The molecule has 0 radical (unpaired) electrons. The Morgan fingerprint density at radius 2 is 2.12 bits per heavy atom. The molecule has 8 heteroatoms. The molecule has 0 bridgehead atoms. The van der Waals surface area contributed by atoms with Crippen molar-refractivity contribution in [2.45, 2.75) is 32.2 Å². The Balaban J connectivity index is 0.00000264. The number of carbonyl (C=O) groups is 1. The fourth-order valence-corrected chi connectivity index (χ4v) is 2.98. The summed E-state index contributed by atoms with van der Waals surface area (Å²) in [7, 11) is 1.51. The number of methoxy groups -OCH3 is 1. The van der Waals surface area contributed by atoms with Crippen molar-refractivity contribution in [1.82, 2.24) is 10.2 Å². The molecule has 1 unspecified atom stereocenters. The predicted molar refractivity (Wildman–Crippen MR) is 104 cm³/mol. The lowest BCUT2D eigenvalue weighted by molar-refractivity contribution is 0.0935. The number of ether oxygens (including phenoxy) is 1. The summed E-state index contributed by atoms with van der Waals surface area (Å²) in [5.41, 5.74) is 6.54. The van der Waals surface area contributed by atoms with Crippen molar-refractivity contribution in [2.24, 2.45) is 0 Å². The molecular weight excluding hydrogens is 373 g/mol. The van der Waals surface area contributed by atoms with E-state index in [0.717, 1.165) is 13.1 Å². The number of nitrogens with two attached hydrogens (primary N) is 1. The van der Waals surface area contributed by atoms with Crippen molar-refractivity contribution < 1.29 is 9.53 Å². The second-order valence-electron chi connectivity index (χ2n) is 5.71. The van der Waals surface area contributed by atoms with Crippen LogP contribution in [-0.4, -0.2) is 43.6 Å². The molecule has 3 N–H and O–H groups in total. The predicted octanol–water partition coefficient (Wildman–Crippen LogP) is 3.38. The second kappa shape index (κ2) is 10.9. The highest BCUT2D eigenvalue weighted by molar-refractivity contribution is 6.33. The molecule has 1 aromatic rings. The molecule has 0 saturated carbocycles. The van der Waals surface area contributed by atoms with Crippen LogP contribution >= 0.6 is 36.4 Å². The van der Waals surface area contributed by atoms with Crippen LogP contribution in [0.5, 0.6) is 5.75 Å². The standard InChI is InChI=1S/C16H24ClN3O2.2ClH/c1-11-5-3-4-7-20(11)8-6-19-16(21)12-9-13(17)14(18)10-15(12)22-2;;/h9-11H,3-8,18H2,1-2H3,(H,19,21);2*1H. The molecule has 5 nitrogen and oxygen atoms in total. The molecule has 24 heavy (non-hydrogen) atoms. The molecule has 1 fully saturated rings. The van der Waals surface area contributed by atoms with E-state index in [1.165, 1.54) is 26.4 Å². The van der Waals surface area contributed by atoms with Gasteiger partial charge in [-0.2, -0.15) is 0 Å². The van der Waals surface area contributed by atoms with E-state index in [9.17, 15) is 4.79 Å². The zero-order chi connectivity index (χ0) is 16.1. The summed E-state index contributed by atoms with van der Waals surface area (Å²) in [4.78, 5) is 14.7. The van der Waals surface area contributed by atoms with E-state index in [-0.39, 0.29) is 30.7 Å². The van der Waals surface area contributed by atoms with Crippen LogP contribution in [0, 0.1) is 0 Å². The van der Waals surface area contributed by atoms with Gasteiger partial charge in [-0.1, -0.05) is 18.0 Å². The Hall–Kier alpha value is -0.880. The molecule has 1 amide bonds. The molecule has 1 atom stereocenters. The number of halogens is 3. The fraction of sp³-hybridized carbons (Fsp3) is 0.562. The van der Waals surface area contributed by atoms with E-state index in [1.807, 2.05) is 0 Å². The number of likely N-dealkylation sites (tertiary alicyclic amines) is 1. The number of piperidine rings is 1. The van der Waals surface area contributed by atoms with Gasteiger partial charge in [0, 0.05) is 25.2 Å². The summed E-state index contributed by atoms with van der Waals surface area (Å²) < 4.78 is 5.21. The molecule has 1 aliphatic rings. The molecule has 1 saturated heterocycles. The largest absolute Gasteiger partial charge is 0.496 e. The molecule has 0 spiro atoms. The first-order valence-electron chi connectivity index (χ1n) is 7.68. The number of nitrogen functional groups attached to an aromatic ring is 1. The van der Waals surface area contributed by atoms with Crippen LogP contribution in [0.1, 0.15) is 36.5 Å². The van der Waals surface area contributed by atoms with E-state index in [2.05, 4.69) is 17.1 Å². The van der Waals surface area contributed by atoms with E-state index in [1.54, 1.807) is 12.1 Å². The van der Waals surface area contributed by atoms with Crippen molar-refractivity contribution in [3.63, 3.8) is 0 Å². The number of rotatable bonds is 5. The highest BCUT2D eigenvalue weighted by atomic mass is 35.5. The van der Waals surface area contributed by atoms with E-state index in [0.29, 0.717) is 34.6 Å². The summed E-state index contributed by atoms with van der Waals surface area (Å²) in [6, 6.07) is 3.71. The van der Waals surface area contributed by atoms with Gasteiger partial charge in [0.25, 0.3) is 5.91 Å². The molecule has 0 aliphatic carbocycles. The van der Waals surface area contributed by atoms with Crippen molar-refractivity contribution in [1.29, 1.82) is 0 Å². The number of benzene rings is 1. The minimum atomic E-state index is -0.191. The first-order valence-corrected chi connectivity index (χ1v) is 8.06. The van der Waals surface area contributed by atoms with Crippen molar-refractivity contribution >= 4 is 48.0 Å². The van der Waals surface area contributed by atoms with E-state index >= 15 is 0 Å². The van der Waals surface area contributed by atoms with E-state index in [4.69, 9.17) is 22.1 Å². The Morgan fingerprint density at radius 1 is 1.42 bits per heavy atom. The first kappa shape index (κ1) is 23.1. The van der Waals surface area contributed by atoms with Crippen LogP contribution in [0.15, 0.2) is 12.1 Å². The highest BCUT2D eigenvalue weighted by Gasteiger charge is 2.19. The Kier molecular flexibility index (Phi) is 10.5. The third kappa shape index (κ3) is 5.88. The van der Waals surface area contributed by atoms with Crippen LogP contribution in [0.4, 0.5) is 5.69 Å². The molecule has 1 heterocycles. The maximum absolute atomic E-state index is 12.3. The van der Waals surface area contributed by atoms with Gasteiger partial charge in [0.1, 0.15) is 5.75 Å². The lowest BCUT2D eigenvalue weighted by atomic mass is 10.0. The molecule has 1 aromatic carbocycles. The lowest BCUT2D eigenvalue weighted by Crippen LogP contribution is -2.42. The third-order valence-corrected chi connectivity index (χ3v) is 4.52. The molecule has 0 aromatic heterocycles. The number of amides is 1. The number of hydrogen-bond donors (Lipinski definition) is 2. The molecular formula is C16H26Cl3N3O2. The topological polar surface area (TPSA) is 67.6 Å². The number of hydrogen-bond acceptors (Lipinski definition) is 4. The zero-order valence-electron chi connectivity index (χ0n) is 14.0. The van der Waals surface area contributed by atoms with Crippen molar-refractivity contribution in [2.75, 3.05) is 32.5 Å². The van der Waals surface area contributed by atoms with Gasteiger partial charge >= 0.3 is 0 Å². The second-order valence-corrected chi connectivity index (χ2v) is 6.12. The minimum absolute atomic E-state index is 0. The number of carbonyl (C=O) groups excluding carboxylic acids is 1. The van der Waals surface area contributed by atoms with Gasteiger partial charge in [0.2, 0.25) is 0 Å².